The molecule has 5 heteroatoms. The van der Waals surface area contributed by atoms with E-state index in [4.69, 9.17) is 4.74 Å². The number of carbonyl (C=O) groups is 1. The van der Waals surface area contributed by atoms with Crippen LogP contribution in [0, 0.1) is 20.8 Å². The second kappa shape index (κ2) is 7.30. The van der Waals surface area contributed by atoms with Crippen LogP contribution in [0.25, 0.3) is 0 Å². The van der Waals surface area contributed by atoms with E-state index in [0.29, 0.717) is 11.7 Å². The van der Waals surface area contributed by atoms with Gasteiger partial charge in [-0.15, -0.1) is 0 Å². The maximum absolute atomic E-state index is 12.5. The molecule has 0 bridgehead atoms. The van der Waals surface area contributed by atoms with Crippen molar-refractivity contribution in [3.05, 3.63) is 45.2 Å². The number of aryl methyl sites for hydroxylation is 2. The van der Waals surface area contributed by atoms with E-state index in [9.17, 15) is 4.79 Å². The highest BCUT2D eigenvalue weighted by molar-refractivity contribution is 9.10. The summed E-state index contributed by atoms with van der Waals surface area (Å²) in [4.78, 5) is 12.5. The Kier molecular flexibility index (Phi) is 5.63. The third-order valence-corrected chi connectivity index (χ3v) is 4.75. The van der Waals surface area contributed by atoms with Gasteiger partial charge in [0.05, 0.1) is 10.2 Å². The van der Waals surface area contributed by atoms with Gasteiger partial charge >= 0.3 is 0 Å². The zero-order valence-corrected chi connectivity index (χ0v) is 15.9. The molecule has 0 N–H and O–H groups in total. The molecule has 0 spiro atoms. The highest BCUT2D eigenvalue weighted by atomic mass is 79.9. The van der Waals surface area contributed by atoms with E-state index in [1.165, 1.54) is 4.68 Å². The molecule has 0 aliphatic rings. The molecule has 1 heterocycles. The number of hydrogen-bond acceptors (Lipinski definition) is 3. The third-order valence-electron chi connectivity index (χ3n) is 4.13. The lowest BCUT2D eigenvalue weighted by Crippen LogP contribution is -2.22. The van der Waals surface area contributed by atoms with Crippen molar-refractivity contribution in [2.45, 2.75) is 47.0 Å². The van der Waals surface area contributed by atoms with E-state index in [2.05, 4.69) is 34.9 Å². The molecule has 1 aromatic heterocycles. The molecule has 23 heavy (non-hydrogen) atoms. The SMILES string of the molecule is CCC(C)c1c(C)nn(C(=O)COc2ccc(C)cc2Br)c1C. The van der Waals surface area contributed by atoms with Crippen molar-refractivity contribution in [1.29, 1.82) is 0 Å². The summed E-state index contributed by atoms with van der Waals surface area (Å²) in [5, 5.41) is 4.40. The Hall–Kier alpha value is -1.62. The van der Waals surface area contributed by atoms with Crippen LogP contribution in [0.15, 0.2) is 22.7 Å². The number of carbonyl (C=O) groups excluding carboxylic acids is 1. The van der Waals surface area contributed by atoms with E-state index in [1.54, 1.807) is 0 Å². The molecule has 0 amide bonds. The smallest absolute Gasteiger partial charge is 0.284 e. The van der Waals surface area contributed by atoms with Crippen molar-refractivity contribution < 1.29 is 9.53 Å². The van der Waals surface area contributed by atoms with E-state index in [0.717, 1.165) is 33.4 Å². The van der Waals surface area contributed by atoms with Crippen LogP contribution in [0.2, 0.25) is 0 Å². The summed E-state index contributed by atoms with van der Waals surface area (Å²) in [7, 11) is 0. The van der Waals surface area contributed by atoms with Crippen LogP contribution in [0.3, 0.4) is 0 Å². The normalized spacial score (nSPS) is 12.3. The Labute approximate surface area is 146 Å². The summed E-state index contributed by atoms with van der Waals surface area (Å²) in [6.07, 6.45) is 1.02. The molecule has 124 valence electrons. The summed E-state index contributed by atoms with van der Waals surface area (Å²) >= 11 is 3.45. The Balaban J connectivity index is 2.15. The molecule has 2 aromatic rings. The predicted molar refractivity (Wildman–Crippen MR) is 95.4 cm³/mol. The number of ether oxygens (including phenoxy) is 1. The molecule has 0 fully saturated rings. The van der Waals surface area contributed by atoms with Gasteiger partial charge in [0, 0.05) is 5.69 Å². The van der Waals surface area contributed by atoms with Crippen LogP contribution in [-0.2, 0) is 0 Å². The van der Waals surface area contributed by atoms with Gasteiger partial charge in [0.1, 0.15) is 5.75 Å². The maximum atomic E-state index is 12.5. The minimum atomic E-state index is -0.160. The second-order valence-electron chi connectivity index (χ2n) is 5.92. The van der Waals surface area contributed by atoms with Crippen LogP contribution in [-0.4, -0.2) is 22.3 Å². The van der Waals surface area contributed by atoms with Crippen molar-refractivity contribution >= 4 is 21.8 Å². The van der Waals surface area contributed by atoms with Crippen molar-refractivity contribution in [2.75, 3.05) is 6.61 Å². The molecular formula is C18H23BrN2O2. The summed E-state index contributed by atoms with van der Waals surface area (Å²) in [6.45, 7) is 10.2. The lowest BCUT2D eigenvalue weighted by molar-refractivity contribution is 0.0817. The zero-order chi connectivity index (χ0) is 17.1. The molecule has 1 atom stereocenters. The lowest BCUT2D eigenvalue weighted by atomic mass is 9.97. The van der Waals surface area contributed by atoms with Gasteiger partial charge in [-0.1, -0.05) is 19.9 Å². The maximum Gasteiger partial charge on any atom is 0.284 e. The fraction of sp³-hybridized carbons (Fsp3) is 0.444. The summed E-state index contributed by atoms with van der Waals surface area (Å²) in [5.74, 6) is 0.893. The van der Waals surface area contributed by atoms with Crippen molar-refractivity contribution in [3.8, 4) is 5.75 Å². The van der Waals surface area contributed by atoms with Crippen molar-refractivity contribution in [3.63, 3.8) is 0 Å². The van der Waals surface area contributed by atoms with Gasteiger partial charge in [-0.2, -0.15) is 5.10 Å². The molecule has 2 rings (SSSR count). The molecular weight excluding hydrogens is 356 g/mol. The number of halogens is 1. The fourth-order valence-corrected chi connectivity index (χ4v) is 3.35. The van der Waals surface area contributed by atoms with E-state index in [-0.39, 0.29) is 12.5 Å². The first kappa shape index (κ1) is 17.7. The number of hydrogen-bond donors (Lipinski definition) is 0. The molecule has 0 aliphatic carbocycles. The first-order chi connectivity index (χ1) is 10.8. The standard InChI is InChI=1S/C18H23BrN2O2/c1-6-12(3)18-13(4)20-21(14(18)5)17(22)10-23-16-8-7-11(2)9-15(16)19/h7-9,12H,6,10H2,1-5H3. The number of nitrogens with zero attached hydrogens (tertiary/aromatic N) is 2. The lowest BCUT2D eigenvalue weighted by Gasteiger charge is -2.11. The van der Waals surface area contributed by atoms with Gasteiger partial charge in [-0.3, -0.25) is 4.79 Å². The average Bonchev–Trinajstić information content (AvgIpc) is 2.80. The Bertz CT molecular complexity index is 722. The van der Waals surface area contributed by atoms with Gasteiger partial charge in [0.25, 0.3) is 5.91 Å². The van der Waals surface area contributed by atoms with E-state index >= 15 is 0 Å². The van der Waals surface area contributed by atoms with Gasteiger partial charge in [0.2, 0.25) is 0 Å². The molecule has 1 unspecified atom stereocenters. The largest absolute Gasteiger partial charge is 0.483 e. The quantitative estimate of drug-likeness (QED) is 0.749. The second-order valence-corrected chi connectivity index (χ2v) is 6.78. The van der Waals surface area contributed by atoms with Crippen LogP contribution < -0.4 is 4.74 Å². The Morgan fingerprint density at radius 3 is 2.65 bits per heavy atom. The average molecular weight is 379 g/mol. The van der Waals surface area contributed by atoms with Crippen molar-refractivity contribution in [1.82, 2.24) is 9.78 Å². The Morgan fingerprint density at radius 2 is 2.04 bits per heavy atom. The third kappa shape index (κ3) is 3.83. The fourth-order valence-electron chi connectivity index (χ4n) is 2.74. The minimum absolute atomic E-state index is 0.0381. The van der Waals surface area contributed by atoms with Crippen LogP contribution in [0.4, 0.5) is 0 Å². The first-order valence-electron chi connectivity index (χ1n) is 7.83. The van der Waals surface area contributed by atoms with Gasteiger partial charge < -0.3 is 4.74 Å². The van der Waals surface area contributed by atoms with Crippen LogP contribution >= 0.6 is 15.9 Å². The van der Waals surface area contributed by atoms with E-state index < -0.39 is 0 Å². The van der Waals surface area contributed by atoms with E-state index in [1.807, 2.05) is 39.0 Å². The molecule has 4 nitrogen and oxygen atoms in total. The highest BCUT2D eigenvalue weighted by Gasteiger charge is 2.20. The van der Waals surface area contributed by atoms with Gasteiger partial charge in [-0.05, 0) is 72.3 Å². The zero-order valence-electron chi connectivity index (χ0n) is 14.3. The number of aromatic nitrogens is 2. The number of rotatable bonds is 5. The Morgan fingerprint density at radius 1 is 1.35 bits per heavy atom. The minimum Gasteiger partial charge on any atom is -0.483 e. The monoisotopic (exact) mass is 378 g/mol. The topological polar surface area (TPSA) is 44.1 Å². The molecule has 0 saturated carbocycles. The summed E-state index contributed by atoms with van der Waals surface area (Å²) in [5.41, 5.74) is 4.12. The van der Waals surface area contributed by atoms with Crippen molar-refractivity contribution in [2.24, 2.45) is 0 Å². The predicted octanol–water partition coefficient (Wildman–Crippen LogP) is 4.80. The highest BCUT2D eigenvalue weighted by Crippen LogP contribution is 2.27. The molecule has 0 aliphatic heterocycles. The first-order valence-corrected chi connectivity index (χ1v) is 8.62. The molecule has 0 saturated heterocycles. The van der Waals surface area contributed by atoms with Crippen LogP contribution in [0.5, 0.6) is 5.75 Å². The number of benzene rings is 1. The summed E-state index contributed by atoms with van der Waals surface area (Å²) < 4.78 is 7.96. The van der Waals surface area contributed by atoms with Crippen LogP contribution in [0.1, 0.15) is 53.5 Å². The van der Waals surface area contributed by atoms with Gasteiger partial charge in [0.15, 0.2) is 6.61 Å². The summed E-state index contributed by atoms with van der Waals surface area (Å²) in [6, 6.07) is 5.78. The van der Waals surface area contributed by atoms with Gasteiger partial charge in [-0.25, -0.2) is 4.68 Å². The molecule has 1 aromatic carbocycles. The molecule has 0 radical (unpaired) electrons.